The lowest BCUT2D eigenvalue weighted by Crippen LogP contribution is -2.25. The standard InChI is InChI=1S/C18H13BrF3N3O4S/c1-29-15-7-2-10(9-14(15)19)8-13-16(18(20,21)22)24-25(17(13)26)11-3-5-12(6-4-11)30(23,27)28/h2-9H,1H3,(H2,23,27,28). The maximum absolute atomic E-state index is 13.5. The fourth-order valence-corrected chi connectivity index (χ4v) is 3.72. The van der Waals surface area contributed by atoms with Gasteiger partial charge in [0, 0.05) is 0 Å². The third-order valence-corrected chi connectivity index (χ3v) is 5.59. The molecule has 158 valence electrons. The maximum atomic E-state index is 13.5. The number of hydrogen-bond acceptors (Lipinski definition) is 5. The number of nitrogens with two attached hydrogens (primary N) is 1. The van der Waals surface area contributed by atoms with Gasteiger partial charge in [-0.15, -0.1) is 0 Å². The van der Waals surface area contributed by atoms with Crippen molar-refractivity contribution in [2.75, 3.05) is 12.1 Å². The quantitative estimate of drug-likeness (QED) is 0.645. The predicted molar refractivity (Wildman–Crippen MR) is 107 cm³/mol. The lowest BCUT2D eigenvalue weighted by molar-refractivity contribution is -0.114. The van der Waals surface area contributed by atoms with Gasteiger partial charge in [-0.3, -0.25) is 4.79 Å². The van der Waals surface area contributed by atoms with Crippen LogP contribution in [0.2, 0.25) is 0 Å². The van der Waals surface area contributed by atoms with Crippen LogP contribution in [0.15, 0.2) is 62.5 Å². The van der Waals surface area contributed by atoms with E-state index in [1.807, 2.05) is 0 Å². The molecule has 0 unspecified atom stereocenters. The first-order chi connectivity index (χ1) is 13.9. The van der Waals surface area contributed by atoms with Crippen LogP contribution in [0.25, 0.3) is 6.08 Å². The number of carbonyl (C=O) groups is 1. The molecule has 0 saturated carbocycles. The number of sulfonamides is 1. The number of primary sulfonamides is 1. The van der Waals surface area contributed by atoms with Crippen molar-refractivity contribution in [1.82, 2.24) is 0 Å². The topological polar surface area (TPSA) is 102 Å². The van der Waals surface area contributed by atoms with Gasteiger partial charge in [-0.25, -0.2) is 13.6 Å². The summed E-state index contributed by atoms with van der Waals surface area (Å²) < 4.78 is 68.8. The number of carbonyl (C=O) groups excluding carboxylic acids is 1. The Hall–Kier alpha value is -2.70. The van der Waals surface area contributed by atoms with Gasteiger partial charge in [0.05, 0.1) is 27.7 Å². The second kappa shape index (κ2) is 7.85. The van der Waals surface area contributed by atoms with Crippen molar-refractivity contribution in [2.24, 2.45) is 10.2 Å². The Bertz CT molecular complexity index is 1180. The maximum Gasteiger partial charge on any atom is 0.435 e. The molecule has 2 aromatic rings. The molecular weight excluding hydrogens is 491 g/mol. The molecule has 1 aliphatic heterocycles. The highest BCUT2D eigenvalue weighted by Crippen LogP contribution is 2.34. The fourth-order valence-electron chi connectivity index (χ4n) is 2.65. The van der Waals surface area contributed by atoms with Gasteiger partial charge in [0.1, 0.15) is 5.75 Å². The number of rotatable bonds is 4. The van der Waals surface area contributed by atoms with Crippen molar-refractivity contribution >= 4 is 49.3 Å². The summed E-state index contributed by atoms with van der Waals surface area (Å²) >= 11 is 3.24. The number of alkyl halides is 3. The number of methoxy groups -OCH3 is 1. The number of hydrogen-bond donors (Lipinski definition) is 1. The SMILES string of the molecule is COc1ccc(C=C2C(=O)N(c3ccc(S(N)(=O)=O)cc3)N=C2C(F)(F)F)cc1Br. The number of halogens is 4. The first-order valence-electron chi connectivity index (χ1n) is 8.10. The van der Waals surface area contributed by atoms with E-state index in [-0.39, 0.29) is 10.6 Å². The van der Waals surface area contributed by atoms with Crippen molar-refractivity contribution in [2.45, 2.75) is 11.1 Å². The van der Waals surface area contributed by atoms with Crippen LogP contribution >= 0.6 is 15.9 Å². The van der Waals surface area contributed by atoms with Gasteiger partial charge in [-0.1, -0.05) is 6.07 Å². The van der Waals surface area contributed by atoms with Crippen molar-refractivity contribution in [3.63, 3.8) is 0 Å². The molecule has 0 bridgehead atoms. The molecule has 2 N–H and O–H groups in total. The van der Waals surface area contributed by atoms with Crippen molar-refractivity contribution < 1.29 is 31.1 Å². The minimum absolute atomic E-state index is 0.0477. The summed E-state index contributed by atoms with van der Waals surface area (Å²) in [6.07, 6.45) is -3.82. The molecule has 3 rings (SSSR count). The Morgan fingerprint density at radius 2 is 1.80 bits per heavy atom. The van der Waals surface area contributed by atoms with Crippen LogP contribution < -0.4 is 14.9 Å². The summed E-state index contributed by atoms with van der Waals surface area (Å²) in [5.74, 6) is -0.547. The summed E-state index contributed by atoms with van der Waals surface area (Å²) in [6.45, 7) is 0. The predicted octanol–water partition coefficient (Wildman–Crippen LogP) is 3.45. The average molecular weight is 504 g/mol. The summed E-state index contributed by atoms with van der Waals surface area (Å²) in [5.41, 5.74) is -1.76. The molecule has 0 atom stereocenters. The summed E-state index contributed by atoms with van der Waals surface area (Å²) in [6, 6.07) is 8.94. The third kappa shape index (κ3) is 4.40. The summed E-state index contributed by atoms with van der Waals surface area (Å²) in [5, 5.41) is 8.98. The third-order valence-electron chi connectivity index (χ3n) is 4.04. The average Bonchev–Trinajstić information content (AvgIpc) is 2.98. The molecule has 0 saturated heterocycles. The van der Waals surface area contributed by atoms with Crippen LogP contribution in [0.1, 0.15) is 5.56 Å². The zero-order valence-corrected chi connectivity index (χ0v) is 17.5. The number of amides is 1. The van der Waals surface area contributed by atoms with Gasteiger partial charge in [-0.05, 0) is 64.0 Å². The van der Waals surface area contributed by atoms with Gasteiger partial charge in [-0.2, -0.15) is 23.3 Å². The van der Waals surface area contributed by atoms with E-state index in [0.717, 1.165) is 30.3 Å². The van der Waals surface area contributed by atoms with Crippen molar-refractivity contribution in [3.05, 3.63) is 58.1 Å². The highest BCUT2D eigenvalue weighted by Gasteiger charge is 2.46. The van der Waals surface area contributed by atoms with Crippen LogP contribution in [0.5, 0.6) is 5.75 Å². The molecular formula is C18H13BrF3N3O4S. The molecule has 2 aromatic carbocycles. The van der Waals surface area contributed by atoms with E-state index in [4.69, 9.17) is 9.88 Å². The zero-order valence-electron chi connectivity index (χ0n) is 15.1. The number of benzene rings is 2. The zero-order chi connectivity index (χ0) is 22.3. The van der Waals surface area contributed by atoms with E-state index in [1.54, 1.807) is 0 Å². The lowest BCUT2D eigenvalue weighted by atomic mass is 10.1. The summed E-state index contributed by atoms with van der Waals surface area (Å²) in [4.78, 5) is 12.5. The largest absolute Gasteiger partial charge is 0.496 e. The molecule has 12 heteroatoms. The molecule has 1 amide bonds. The first kappa shape index (κ1) is 22.0. The van der Waals surface area contributed by atoms with Gasteiger partial charge in [0.2, 0.25) is 10.0 Å². The van der Waals surface area contributed by atoms with E-state index >= 15 is 0 Å². The van der Waals surface area contributed by atoms with E-state index in [2.05, 4.69) is 21.0 Å². The Morgan fingerprint density at radius 1 is 1.17 bits per heavy atom. The van der Waals surface area contributed by atoms with Crippen molar-refractivity contribution in [3.8, 4) is 5.75 Å². The molecule has 30 heavy (non-hydrogen) atoms. The van der Waals surface area contributed by atoms with E-state index in [1.165, 1.54) is 25.3 Å². The molecule has 1 aliphatic rings. The van der Waals surface area contributed by atoms with E-state index in [9.17, 15) is 26.4 Å². The first-order valence-corrected chi connectivity index (χ1v) is 10.4. The Balaban J connectivity index is 2.04. The Kier molecular flexibility index (Phi) is 5.76. The minimum atomic E-state index is -4.89. The van der Waals surface area contributed by atoms with Crippen LogP contribution in [0.3, 0.4) is 0 Å². The highest BCUT2D eigenvalue weighted by molar-refractivity contribution is 9.10. The van der Waals surface area contributed by atoms with Crippen molar-refractivity contribution in [1.29, 1.82) is 0 Å². The number of nitrogens with zero attached hydrogens (tertiary/aromatic N) is 2. The number of anilines is 1. The molecule has 0 aromatic heterocycles. The number of ether oxygens (including phenoxy) is 1. The highest BCUT2D eigenvalue weighted by atomic mass is 79.9. The van der Waals surface area contributed by atoms with Gasteiger partial charge >= 0.3 is 6.18 Å². The minimum Gasteiger partial charge on any atom is -0.496 e. The normalized spacial score (nSPS) is 16.2. The Labute approximate surface area is 177 Å². The monoisotopic (exact) mass is 503 g/mol. The molecule has 0 fully saturated rings. The Morgan fingerprint density at radius 3 is 2.30 bits per heavy atom. The molecule has 0 aliphatic carbocycles. The van der Waals surface area contributed by atoms with E-state index in [0.29, 0.717) is 20.8 Å². The van der Waals surface area contributed by atoms with Crippen LogP contribution in [-0.2, 0) is 14.8 Å². The summed E-state index contributed by atoms with van der Waals surface area (Å²) in [7, 11) is -2.56. The van der Waals surface area contributed by atoms with Crippen LogP contribution in [-0.4, -0.2) is 33.3 Å². The second-order valence-corrected chi connectivity index (χ2v) is 8.47. The number of hydrazone groups is 1. The fraction of sp³-hybridized carbons (Fsp3) is 0.111. The molecule has 1 heterocycles. The van der Waals surface area contributed by atoms with Crippen LogP contribution in [0.4, 0.5) is 18.9 Å². The lowest BCUT2D eigenvalue weighted by Gasteiger charge is -2.12. The smallest absolute Gasteiger partial charge is 0.435 e. The van der Waals surface area contributed by atoms with Gasteiger partial charge < -0.3 is 4.74 Å². The van der Waals surface area contributed by atoms with Crippen LogP contribution in [0, 0.1) is 0 Å². The molecule has 0 radical (unpaired) electrons. The molecule has 7 nitrogen and oxygen atoms in total. The van der Waals surface area contributed by atoms with Gasteiger partial charge in [0.15, 0.2) is 5.71 Å². The van der Waals surface area contributed by atoms with E-state index < -0.39 is 33.4 Å². The van der Waals surface area contributed by atoms with Gasteiger partial charge in [0.25, 0.3) is 5.91 Å². The second-order valence-electron chi connectivity index (χ2n) is 6.05. The molecule has 0 spiro atoms.